The van der Waals surface area contributed by atoms with Crippen LogP contribution in [0.25, 0.3) is 17.4 Å². The summed E-state index contributed by atoms with van der Waals surface area (Å²) in [6.07, 6.45) is 5.91. The molecule has 8 nitrogen and oxygen atoms in total. The predicted molar refractivity (Wildman–Crippen MR) is 118 cm³/mol. The molecule has 2 aliphatic rings. The molecular weight excluding hydrogens is 392 g/mol. The minimum atomic E-state index is 0.547. The second kappa shape index (κ2) is 7.70. The maximum absolute atomic E-state index is 5.50. The molecule has 0 unspecified atom stereocenters. The smallest absolute Gasteiger partial charge is 0.255 e. The van der Waals surface area contributed by atoms with Gasteiger partial charge in [-0.1, -0.05) is 0 Å². The van der Waals surface area contributed by atoms with E-state index in [9.17, 15) is 0 Å². The zero-order valence-corrected chi connectivity index (χ0v) is 17.3. The topological polar surface area (TPSA) is 80.7 Å². The molecule has 1 aliphatic heterocycles. The van der Waals surface area contributed by atoms with Gasteiger partial charge < -0.3 is 19.4 Å². The number of aryl methyl sites for hydroxylation is 1. The Morgan fingerprint density at radius 2 is 1.77 bits per heavy atom. The van der Waals surface area contributed by atoms with Crippen molar-refractivity contribution in [3.05, 3.63) is 53.9 Å². The number of aromatic nitrogens is 4. The number of nitrogens with one attached hydrogen (secondary N) is 1. The molecule has 3 aromatic heterocycles. The fourth-order valence-electron chi connectivity index (χ4n) is 4.40. The van der Waals surface area contributed by atoms with Gasteiger partial charge in [0.25, 0.3) is 5.78 Å². The largest absolute Gasteiger partial charge is 0.461 e. The number of anilines is 3. The summed E-state index contributed by atoms with van der Waals surface area (Å²) in [4.78, 5) is 11.8. The van der Waals surface area contributed by atoms with Crippen LogP contribution in [-0.4, -0.2) is 45.9 Å². The van der Waals surface area contributed by atoms with E-state index in [1.165, 1.54) is 11.3 Å². The number of rotatable bonds is 4. The third-order valence-corrected chi connectivity index (χ3v) is 6.01. The quantitative estimate of drug-likeness (QED) is 0.541. The lowest BCUT2D eigenvalue weighted by molar-refractivity contribution is 0.122. The van der Waals surface area contributed by atoms with Crippen molar-refractivity contribution in [3.63, 3.8) is 0 Å². The highest BCUT2D eigenvalue weighted by Gasteiger charge is 2.22. The molecule has 4 heterocycles. The van der Waals surface area contributed by atoms with Crippen molar-refractivity contribution in [2.45, 2.75) is 25.7 Å². The summed E-state index contributed by atoms with van der Waals surface area (Å²) in [6, 6.07) is 12.3. The van der Waals surface area contributed by atoms with Gasteiger partial charge in [0.2, 0.25) is 5.82 Å². The Morgan fingerprint density at radius 3 is 2.58 bits per heavy atom. The lowest BCUT2D eigenvalue weighted by Gasteiger charge is -2.29. The van der Waals surface area contributed by atoms with Crippen LogP contribution in [-0.2, 0) is 17.6 Å². The van der Waals surface area contributed by atoms with Crippen molar-refractivity contribution in [3.8, 4) is 11.6 Å². The monoisotopic (exact) mass is 416 g/mol. The van der Waals surface area contributed by atoms with E-state index < -0.39 is 0 Å². The van der Waals surface area contributed by atoms with E-state index in [4.69, 9.17) is 19.2 Å². The van der Waals surface area contributed by atoms with Gasteiger partial charge in [-0.25, -0.2) is 4.98 Å². The summed E-state index contributed by atoms with van der Waals surface area (Å²) in [7, 11) is 0. The number of hydrogen-bond acceptors (Lipinski definition) is 7. The van der Waals surface area contributed by atoms with Gasteiger partial charge in [0.05, 0.1) is 25.2 Å². The van der Waals surface area contributed by atoms with Gasteiger partial charge in [0, 0.05) is 30.0 Å². The molecule has 4 aromatic rings. The van der Waals surface area contributed by atoms with Crippen molar-refractivity contribution in [2.75, 3.05) is 36.5 Å². The molecule has 8 heteroatoms. The summed E-state index contributed by atoms with van der Waals surface area (Å²) in [5.74, 6) is 2.73. The molecule has 31 heavy (non-hydrogen) atoms. The van der Waals surface area contributed by atoms with E-state index in [0.29, 0.717) is 17.4 Å². The Labute approximate surface area is 179 Å². The highest BCUT2D eigenvalue weighted by atomic mass is 16.5. The molecule has 1 aromatic carbocycles. The average molecular weight is 416 g/mol. The first-order chi connectivity index (χ1) is 15.3. The van der Waals surface area contributed by atoms with Crippen molar-refractivity contribution >= 4 is 23.0 Å². The Balaban J connectivity index is 1.38. The molecule has 158 valence electrons. The minimum Gasteiger partial charge on any atom is -0.461 e. The number of furan rings is 1. The summed E-state index contributed by atoms with van der Waals surface area (Å²) in [6.45, 7) is 3.43. The SMILES string of the molecule is c1coc(-c2nc3nc4c(c(Nc5ccc(N6CCOCC6)cc5)n3n2)CCCC4)c1. The Hall–Kier alpha value is -3.39. The lowest BCUT2D eigenvalue weighted by atomic mass is 9.96. The van der Waals surface area contributed by atoms with Gasteiger partial charge >= 0.3 is 0 Å². The van der Waals surface area contributed by atoms with Crippen LogP contribution >= 0.6 is 0 Å². The van der Waals surface area contributed by atoms with Gasteiger partial charge in [-0.15, -0.1) is 5.10 Å². The van der Waals surface area contributed by atoms with Crippen LogP contribution in [0.3, 0.4) is 0 Å². The van der Waals surface area contributed by atoms with E-state index in [1.54, 1.807) is 6.26 Å². The van der Waals surface area contributed by atoms with E-state index in [0.717, 1.165) is 69.2 Å². The highest BCUT2D eigenvalue weighted by molar-refractivity contribution is 5.66. The Bertz CT molecular complexity index is 1190. The third-order valence-electron chi connectivity index (χ3n) is 6.01. The normalized spacial score (nSPS) is 16.5. The number of nitrogens with zero attached hydrogens (tertiary/aromatic N) is 5. The third kappa shape index (κ3) is 3.42. The lowest BCUT2D eigenvalue weighted by Crippen LogP contribution is -2.36. The summed E-state index contributed by atoms with van der Waals surface area (Å²) in [5, 5.41) is 8.33. The predicted octanol–water partition coefficient (Wildman–Crippen LogP) is 3.84. The van der Waals surface area contributed by atoms with E-state index in [1.807, 2.05) is 16.6 Å². The van der Waals surface area contributed by atoms with Gasteiger partial charge in [0.1, 0.15) is 5.82 Å². The van der Waals surface area contributed by atoms with Crippen molar-refractivity contribution in [1.82, 2.24) is 19.6 Å². The van der Waals surface area contributed by atoms with Crippen LogP contribution in [0.2, 0.25) is 0 Å². The number of hydrogen-bond donors (Lipinski definition) is 1. The molecule has 0 spiro atoms. The average Bonchev–Trinajstić information content (AvgIpc) is 3.50. The van der Waals surface area contributed by atoms with Crippen molar-refractivity contribution in [2.24, 2.45) is 0 Å². The van der Waals surface area contributed by atoms with Crippen LogP contribution in [0, 0.1) is 0 Å². The van der Waals surface area contributed by atoms with Crippen molar-refractivity contribution < 1.29 is 9.15 Å². The van der Waals surface area contributed by atoms with Gasteiger partial charge in [-0.2, -0.15) is 9.50 Å². The Morgan fingerprint density at radius 1 is 0.935 bits per heavy atom. The molecule has 0 atom stereocenters. The maximum atomic E-state index is 5.50. The van der Waals surface area contributed by atoms with Gasteiger partial charge in [-0.3, -0.25) is 0 Å². The standard InChI is InChI=1S/C23H24N6O2/c1-2-5-19-18(4-1)22(29-23(25-19)26-21(27-29)20-6-3-13-31-20)24-16-7-9-17(10-8-16)28-11-14-30-15-12-28/h3,6-10,13,24H,1-2,4-5,11-12,14-15H2. The van der Waals surface area contributed by atoms with Crippen LogP contribution in [0.15, 0.2) is 47.1 Å². The van der Waals surface area contributed by atoms with E-state index in [-0.39, 0.29) is 0 Å². The zero-order chi connectivity index (χ0) is 20.6. The van der Waals surface area contributed by atoms with Crippen LogP contribution < -0.4 is 10.2 Å². The summed E-state index contributed by atoms with van der Waals surface area (Å²) >= 11 is 0. The Kier molecular flexibility index (Phi) is 4.57. The van der Waals surface area contributed by atoms with Crippen LogP contribution in [0.4, 0.5) is 17.2 Å². The first-order valence-corrected chi connectivity index (χ1v) is 10.9. The molecule has 1 aliphatic carbocycles. The first kappa shape index (κ1) is 18.4. The molecule has 0 radical (unpaired) electrons. The molecule has 1 saturated heterocycles. The number of ether oxygens (including phenoxy) is 1. The van der Waals surface area contributed by atoms with Gasteiger partial charge in [-0.05, 0) is 62.1 Å². The van der Waals surface area contributed by atoms with Crippen LogP contribution in [0.5, 0.6) is 0 Å². The fourth-order valence-corrected chi connectivity index (χ4v) is 4.40. The van der Waals surface area contributed by atoms with Crippen molar-refractivity contribution in [1.29, 1.82) is 0 Å². The molecule has 0 saturated carbocycles. The minimum absolute atomic E-state index is 0.547. The van der Waals surface area contributed by atoms with E-state index >= 15 is 0 Å². The van der Waals surface area contributed by atoms with Gasteiger partial charge in [0.15, 0.2) is 5.76 Å². The molecule has 1 N–H and O–H groups in total. The molecule has 0 amide bonds. The molecular formula is C23H24N6O2. The fraction of sp³-hybridized carbons (Fsp3) is 0.348. The highest BCUT2D eigenvalue weighted by Crippen LogP contribution is 2.31. The number of morpholine rings is 1. The second-order valence-corrected chi connectivity index (χ2v) is 7.99. The molecule has 1 fully saturated rings. The van der Waals surface area contributed by atoms with Crippen LogP contribution in [0.1, 0.15) is 24.1 Å². The first-order valence-electron chi connectivity index (χ1n) is 10.9. The summed E-state index contributed by atoms with van der Waals surface area (Å²) < 4.78 is 12.8. The molecule has 0 bridgehead atoms. The van der Waals surface area contributed by atoms with E-state index in [2.05, 4.69) is 39.5 Å². The zero-order valence-electron chi connectivity index (χ0n) is 17.3. The number of fused-ring (bicyclic) bond motifs is 2. The second-order valence-electron chi connectivity index (χ2n) is 7.99. The molecule has 6 rings (SSSR count). The number of benzene rings is 1. The maximum Gasteiger partial charge on any atom is 0.255 e. The summed E-state index contributed by atoms with van der Waals surface area (Å²) in [5.41, 5.74) is 4.58.